The van der Waals surface area contributed by atoms with E-state index in [1.807, 2.05) is 33.8 Å². The molecule has 3 amide bonds. The number of benzene rings is 1. The van der Waals surface area contributed by atoms with Gasteiger partial charge in [0.25, 0.3) is 11.8 Å². The summed E-state index contributed by atoms with van der Waals surface area (Å²) in [6.45, 7) is 11.7. The predicted octanol–water partition coefficient (Wildman–Crippen LogP) is 5.02. The van der Waals surface area contributed by atoms with Crippen molar-refractivity contribution in [2.45, 2.75) is 66.8 Å². The van der Waals surface area contributed by atoms with E-state index in [4.69, 9.17) is 4.74 Å². The first-order chi connectivity index (χ1) is 17.8. The number of rotatable bonds is 8. The SMILES string of the molecule is CC.CCCN(C(=O)OCC)C(=O)c1cn2ncnc(Nc3cc(C(=O)NC4CC4)ccc3C)c2c1C. The molecule has 1 aliphatic rings. The minimum atomic E-state index is -0.671. The Morgan fingerprint density at radius 2 is 1.89 bits per heavy atom. The van der Waals surface area contributed by atoms with Crippen LogP contribution in [0.5, 0.6) is 0 Å². The number of nitrogens with zero attached hydrogens (tertiary/aromatic N) is 4. The molecule has 4 rings (SSSR count). The molecular formula is C27H36N6O4. The summed E-state index contributed by atoms with van der Waals surface area (Å²) < 4.78 is 6.64. The Morgan fingerprint density at radius 3 is 2.54 bits per heavy atom. The molecule has 0 spiro atoms. The van der Waals surface area contributed by atoms with Gasteiger partial charge in [-0.3, -0.25) is 9.59 Å². The number of aromatic nitrogens is 3. The van der Waals surface area contributed by atoms with E-state index in [2.05, 4.69) is 20.7 Å². The Morgan fingerprint density at radius 1 is 1.16 bits per heavy atom. The fraction of sp³-hybridized carbons (Fsp3) is 0.444. The predicted molar refractivity (Wildman–Crippen MR) is 142 cm³/mol. The molecule has 1 saturated carbocycles. The lowest BCUT2D eigenvalue weighted by atomic mass is 10.1. The van der Waals surface area contributed by atoms with Crippen molar-refractivity contribution < 1.29 is 19.1 Å². The quantitative estimate of drug-likeness (QED) is 0.439. The molecule has 1 fully saturated rings. The normalized spacial score (nSPS) is 12.4. The number of ether oxygens (including phenoxy) is 1. The lowest BCUT2D eigenvalue weighted by Crippen LogP contribution is -2.38. The van der Waals surface area contributed by atoms with E-state index >= 15 is 0 Å². The monoisotopic (exact) mass is 508 g/mol. The zero-order valence-electron chi connectivity index (χ0n) is 22.4. The highest BCUT2D eigenvalue weighted by Crippen LogP contribution is 2.28. The van der Waals surface area contributed by atoms with E-state index < -0.39 is 12.0 Å². The summed E-state index contributed by atoms with van der Waals surface area (Å²) in [6, 6.07) is 5.73. The molecule has 0 saturated heterocycles. The lowest BCUT2D eigenvalue weighted by Gasteiger charge is -2.19. The smallest absolute Gasteiger partial charge is 0.416 e. The molecule has 2 heterocycles. The number of hydrogen-bond acceptors (Lipinski definition) is 7. The van der Waals surface area contributed by atoms with Crippen LogP contribution < -0.4 is 10.6 Å². The topological polar surface area (TPSA) is 118 Å². The third-order valence-electron chi connectivity index (χ3n) is 5.90. The van der Waals surface area contributed by atoms with Crippen LogP contribution in [0.4, 0.5) is 16.3 Å². The van der Waals surface area contributed by atoms with Crippen molar-refractivity contribution in [3.63, 3.8) is 0 Å². The van der Waals surface area contributed by atoms with Crippen LogP contribution in [0.25, 0.3) is 5.52 Å². The average molecular weight is 509 g/mol. The van der Waals surface area contributed by atoms with Crippen molar-refractivity contribution in [2.75, 3.05) is 18.5 Å². The van der Waals surface area contributed by atoms with Gasteiger partial charge >= 0.3 is 6.09 Å². The number of carbonyl (C=O) groups excluding carboxylic acids is 3. The molecule has 37 heavy (non-hydrogen) atoms. The van der Waals surface area contributed by atoms with Gasteiger partial charge in [-0.15, -0.1) is 0 Å². The Hall–Kier alpha value is -3.95. The Kier molecular flexibility index (Phi) is 9.21. The molecule has 3 aromatic rings. The highest BCUT2D eigenvalue weighted by atomic mass is 16.6. The van der Waals surface area contributed by atoms with Gasteiger partial charge in [-0.1, -0.05) is 26.8 Å². The van der Waals surface area contributed by atoms with Crippen LogP contribution >= 0.6 is 0 Å². The number of hydrogen-bond donors (Lipinski definition) is 2. The number of anilines is 2. The molecule has 0 radical (unpaired) electrons. The fourth-order valence-electron chi connectivity index (χ4n) is 3.84. The number of nitrogens with one attached hydrogen (secondary N) is 2. The Labute approximate surface area is 217 Å². The van der Waals surface area contributed by atoms with Crippen LogP contribution in [0.1, 0.15) is 78.8 Å². The number of imide groups is 1. The van der Waals surface area contributed by atoms with Crippen molar-refractivity contribution in [1.82, 2.24) is 24.8 Å². The Balaban J connectivity index is 0.00000186. The second kappa shape index (κ2) is 12.3. The molecule has 0 unspecified atom stereocenters. The van der Waals surface area contributed by atoms with Crippen molar-refractivity contribution >= 4 is 34.9 Å². The van der Waals surface area contributed by atoms with Gasteiger partial charge in [0, 0.05) is 30.0 Å². The number of aryl methyl sites for hydroxylation is 2. The molecule has 0 bridgehead atoms. The second-order valence-corrected chi connectivity index (χ2v) is 8.63. The third kappa shape index (κ3) is 6.25. The summed E-state index contributed by atoms with van der Waals surface area (Å²) in [5.74, 6) is -0.0723. The second-order valence-electron chi connectivity index (χ2n) is 8.63. The van der Waals surface area contributed by atoms with Crippen LogP contribution in [0.2, 0.25) is 0 Å². The number of amides is 3. The van der Waals surface area contributed by atoms with Gasteiger partial charge in [0.2, 0.25) is 0 Å². The molecule has 0 atom stereocenters. The van der Waals surface area contributed by atoms with Gasteiger partial charge in [-0.05, 0) is 63.3 Å². The molecule has 2 aromatic heterocycles. The highest BCUT2D eigenvalue weighted by molar-refractivity contribution is 6.05. The lowest BCUT2D eigenvalue weighted by molar-refractivity contribution is 0.0672. The van der Waals surface area contributed by atoms with Crippen molar-refractivity contribution in [1.29, 1.82) is 0 Å². The summed E-state index contributed by atoms with van der Waals surface area (Å²) in [6.07, 6.45) is 4.94. The summed E-state index contributed by atoms with van der Waals surface area (Å²) in [5.41, 5.74) is 3.78. The molecule has 1 aliphatic carbocycles. The van der Waals surface area contributed by atoms with E-state index in [9.17, 15) is 14.4 Å². The first kappa shape index (κ1) is 27.6. The van der Waals surface area contributed by atoms with Crippen LogP contribution in [0.3, 0.4) is 0 Å². The number of carbonyl (C=O) groups is 3. The van der Waals surface area contributed by atoms with E-state index in [1.54, 1.807) is 36.7 Å². The molecule has 198 valence electrons. The molecule has 10 heteroatoms. The summed E-state index contributed by atoms with van der Waals surface area (Å²) >= 11 is 0. The van der Waals surface area contributed by atoms with Gasteiger partial charge in [-0.25, -0.2) is 19.2 Å². The molecular weight excluding hydrogens is 472 g/mol. The summed E-state index contributed by atoms with van der Waals surface area (Å²) in [4.78, 5) is 43.7. The molecule has 10 nitrogen and oxygen atoms in total. The summed E-state index contributed by atoms with van der Waals surface area (Å²) in [7, 11) is 0. The maximum Gasteiger partial charge on any atom is 0.416 e. The van der Waals surface area contributed by atoms with Gasteiger partial charge < -0.3 is 15.4 Å². The van der Waals surface area contributed by atoms with Crippen molar-refractivity contribution in [3.05, 3.63) is 53.0 Å². The first-order valence-corrected chi connectivity index (χ1v) is 12.8. The van der Waals surface area contributed by atoms with Crippen molar-refractivity contribution in [3.8, 4) is 0 Å². The standard InChI is InChI=1S/C25H30N6O4.C2H6/c1-5-11-30(25(34)35-6-2)24(33)19-13-31-21(16(19)4)22(26-14-27-31)29-20-12-17(8-7-15(20)3)23(32)28-18-9-10-18;1-2/h7-8,12-14,18H,5-6,9-11H2,1-4H3,(H,28,32)(H,26,27,29);1-2H3. The van der Waals surface area contributed by atoms with Crippen molar-refractivity contribution in [2.24, 2.45) is 0 Å². The van der Waals surface area contributed by atoms with E-state index in [1.165, 1.54) is 6.33 Å². The molecule has 1 aromatic carbocycles. The first-order valence-electron chi connectivity index (χ1n) is 12.8. The van der Waals surface area contributed by atoms with Gasteiger partial charge in [0.05, 0.1) is 12.2 Å². The maximum atomic E-state index is 13.3. The largest absolute Gasteiger partial charge is 0.449 e. The average Bonchev–Trinajstić information content (AvgIpc) is 3.65. The zero-order chi connectivity index (χ0) is 27.1. The van der Waals surface area contributed by atoms with Gasteiger partial charge in [0.1, 0.15) is 11.8 Å². The van der Waals surface area contributed by atoms with Crippen LogP contribution in [-0.2, 0) is 4.74 Å². The zero-order valence-corrected chi connectivity index (χ0v) is 22.4. The van der Waals surface area contributed by atoms with Crippen LogP contribution in [0.15, 0.2) is 30.7 Å². The minimum Gasteiger partial charge on any atom is -0.449 e. The van der Waals surface area contributed by atoms with E-state index in [-0.39, 0.29) is 25.1 Å². The minimum absolute atomic E-state index is 0.106. The maximum absolute atomic E-state index is 13.3. The molecule has 0 aliphatic heterocycles. The van der Waals surface area contributed by atoms with Crippen LogP contribution in [-0.4, -0.2) is 56.6 Å². The number of fused-ring (bicyclic) bond motifs is 1. The van der Waals surface area contributed by atoms with Gasteiger partial charge in [0.15, 0.2) is 5.82 Å². The van der Waals surface area contributed by atoms with E-state index in [0.717, 1.165) is 29.0 Å². The fourth-order valence-corrected chi connectivity index (χ4v) is 3.84. The van der Waals surface area contributed by atoms with Crippen LogP contribution in [0, 0.1) is 13.8 Å². The highest BCUT2D eigenvalue weighted by Gasteiger charge is 2.28. The Bertz CT molecular complexity index is 1280. The molecule has 2 N–H and O–H groups in total. The third-order valence-corrected chi connectivity index (χ3v) is 5.90. The van der Waals surface area contributed by atoms with Gasteiger partial charge in [-0.2, -0.15) is 5.10 Å². The summed E-state index contributed by atoms with van der Waals surface area (Å²) in [5, 5.41) is 10.6. The van der Waals surface area contributed by atoms with E-state index in [0.29, 0.717) is 34.4 Å².